The van der Waals surface area contributed by atoms with Crippen molar-refractivity contribution in [1.82, 2.24) is 0 Å². The van der Waals surface area contributed by atoms with E-state index in [9.17, 15) is 5.11 Å². The van der Waals surface area contributed by atoms with Gasteiger partial charge >= 0.3 is 0 Å². The Hall–Kier alpha value is -2.00. The summed E-state index contributed by atoms with van der Waals surface area (Å²) in [4.78, 5) is 2.32. The van der Waals surface area contributed by atoms with Gasteiger partial charge in [0, 0.05) is 6.54 Å². The van der Waals surface area contributed by atoms with Gasteiger partial charge in [0.1, 0.15) is 0 Å². The number of aliphatic hydroxyl groups is 1. The maximum Gasteiger partial charge on any atom is 0.151 e. The highest BCUT2D eigenvalue weighted by molar-refractivity contribution is 5.77. The number of unbranched alkanes of at least 4 members (excludes halogenated alkanes) is 1. The number of fused-ring (bicyclic) bond motifs is 2. The average molecular weight is 283 g/mol. The fraction of sp³-hybridized carbons (Fsp3) is 0.333. The van der Waals surface area contributed by atoms with Gasteiger partial charge in [-0.15, -0.1) is 0 Å². The molecule has 1 N–H and O–H groups in total. The van der Waals surface area contributed by atoms with Gasteiger partial charge in [-0.25, -0.2) is 0 Å². The van der Waals surface area contributed by atoms with Crippen molar-refractivity contribution in [3.05, 3.63) is 48.5 Å². The molecule has 2 aromatic rings. The summed E-state index contributed by atoms with van der Waals surface area (Å²) in [6.45, 7) is 2.78. The summed E-state index contributed by atoms with van der Waals surface area (Å²) in [5, 5.41) is 9.37. The molecule has 0 fully saturated rings. The van der Waals surface area contributed by atoms with Crippen LogP contribution in [0.2, 0.25) is 0 Å². The van der Waals surface area contributed by atoms with E-state index in [-0.39, 0.29) is 6.10 Å². The molecule has 3 nitrogen and oxygen atoms in total. The van der Waals surface area contributed by atoms with Crippen molar-refractivity contribution in [2.75, 3.05) is 11.4 Å². The summed E-state index contributed by atoms with van der Waals surface area (Å²) >= 11 is 0. The molecule has 0 aliphatic carbocycles. The lowest BCUT2D eigenvalue weighted by Gasteiger charge is -2.32. The zero-order valence-electron chi connectivity index (χ0n) is 12.3. The van der Waals surface area contributed by atoms with Crippen LogP contribution < -0.4 is 9.64 Å². The Morgan fingerprint density at radius 2 is 1.52 bits per heavy atom. The summed E-state index contributed by atoms with van der Waals surface area (Å²) in [5.41, 5.74) is 2.24. The van der Waals surface area contributed by atoms with Gasteiger partial charge in [0.05, 0.1) is 17.5 Å². The van der Waals surface area contributed by atoms with Crippen LogP contribution in [0.3, 0.4) is 0 Å². The number of benzene rings is 2. The molecule has 0 aromatic heterocycles. The second-order valence-corrected chi connectivity index (χ2v) is 5.53. The topological polar surface area (TPSA) is 32.7 Å². The number of para-hydroxylation sites is 4. The van der Waals surface area contributed by atoms with E-state index < -0.39 is 0 Å². The van der Waals surface area contributed by atoms with Crippen LogP contribution in [0.25, 0.3) is 0 Å². The van der Waals surface area contributed by atoms with E-state index >= 15 is 0 Å². The minimum absolute atomic E-state index is 0.214. The molecule has 110 valence electrons. The predicted molar refractivity (Wildman–Crippen MR) is 85.5 cm³/mol. The van der Waals surface area contributed by atoms with Crippen molar-refractivity contribution in [1.29, 1.82) is 0 Å². The smallest absolute Gasteiger partial charge is 0.151 e. The molecular formula is C18H21NO2. The second kappa shape index (κ2) is 6.19. The summed E-state index contributed by atoms with van der Waals surface area (Å²) < 4.78 is 5.97. The van der Waals surface area contributed by atoms with Crippen molar-refractivity contribution in [3.8, 4) is 11.5 Å². The first kappa shape index (κ1) is 14.0. The number of rotatable bonds is 5. The standard InChI is InChI=1S/C18H21NO2/c1-14(20)8-6-7-13-19-15-9-2-4-11-17(15)21-18-12-5-3-10-16(18)19/h2-5,9-12,14,20H,6-8,13H2,1H3/t14-/m1/s1. The lowest BCUT2D eigenvalue weighted by atomic mass is 10.1. The molecule has 1 aliphatic rings. The highest BCUT2D eigenvalue weighted by atomic mass is 16.5. The number of hydrogen-bond donors (Lipinski definition) is 1. The molecule has 0 unspecified atom stereocenters. The Morgan fingerprint density at radius 1 is 0.952 bits per heavy atom. The second-order valence-electron chi connectivity index (χ2n) is 5.53. The summed E-state index contributed by atoms with van der Waals surface area (Å²) in [6, 6.07) is 16.3. The molecule has 1 aliphatic heterocycles. The number of aliphatic hydroxyl groups excluding tert-OH is 1. The maximum absolute atomic E-state index is 9.37. The summed E-state index contributed by atoms with van der Waals surface area (Å²) in [7, 11) is 0. The first-order valence-corrected chi connectivity index (χ1v) is 7.57. The number of anilines is 2. The minimum Gasteiger partial charge on any atom is -0.453 e. The van der Waals surface area contributed by atoms with E-state index in [1.165, 1.54) is 0 Å². The average Bonchev–Trinajstić information content (AvgIpc) is 2.50. The van der Waals surface area contributed by atoms with Gasteiger partial charge in [0.2, 0.25) is 0 Å². The molecule has 0 amide bonds. The number of hydrogen-bond acceptors (Lipinski definition) is 3. The molecule has 1 heterocycles. The Labute approximate surface area is 125 Å². The first-order chi connectivity index (χ1) is 10.3. The van der Waals surface area contributed by atoms with E-state index in [0.29, 0.717) is 0 Å². The molecule has 0 bridgehead atoms. The molecule has 0 spiro atoms. The fourth-order valence-electron chi connectivity index (χ4n) is 2.73. The van der Waals surface area contributed by atoms with E-state index in [1.807, 2.05) is 43.3 Å². The fourth-order valence-corrected chi connectivity index (χ4v) is 2.73. The Kier molecular flexibility index (Phi) is 4.11. The lowest BCUT2D eigenvalue weighted by Crippen LogP contribution is -2.22. The Balaban J connectivity index is 1.81. The third-order valence-corrected chi connectivity index (χ3v) is 3.79. The maximum atomic E-state index is 9.37. The monoisotopic (exact) mass is 283 g/mol. The van der Waals surface area contributed by atoms with Gasteiger partial charge in [-0.2, -0.15) is 0 Å². The van der Waals surface area contributed by atoms with Gasteiger partial charge in [-0.1, -0.05) is 24.3 Å². The Bertz CT molecular complexity index is 564. The molecule has 0 radical (unpaired) electrons. The lowest BCUT2D eigenvalue weighted by molar-refractivity contribution is 0.181. The molecule has 2 aromatic carbocycles. The van der Waals surface area contributed by atoms with Gasteiger partial charge < -0.3 is 14.7 Å². The quantitative estimate of drug-likeness (QED) is 0.821. The molecule has 0 saturated carbocycles. The third-order valence-electron chi connectivity index (χ3n) is 3.79. The highest BCUT2D eigenvalue weighted by Gasteiger charge is 2.22. The highest BCUT2D eigenvalue weighted by Crippen LogP contribution is 2.46. The van der Waals surface area contributed by atoms with Crippen LogP contribution in [0.15, 0.2) is 48.5 Å². The molecular weight excluding hydrogens is 262 g/mol. The van der Waals surface area contributed by atoms with Crippen molar-refractivity contribution in [2.45, 2.75) is 32.3 Å². The van der Waals surface area contributed by atoms with Crippen molar-refractivity contribution < 1.29 is 9.84 Å². The van der Waals surface area contributed by atoms with Gasteiger partial charge in [0.15, 0.2) is 11.5 Å². The Morgan fingerprint density at radius 3 is 2.10 bits per heavy atom. The summed E-state index contributed by atoms with van der Waals surface area (Å²) in [5.74, 6) is 1.82. The normalized spacial score (nSPS) is 14.1. The third kappa shape index (κ3) is 3.03. The zero-order valence-corrected chi connectivity index (χ0v) is 12.3. The minimum atomic E-state index is -0.214. The van der Waals surface area contributed by atoms with Crippen LogP contribution in [0.5, 0.6) is 11.5 Å². The van der Waals surface area contributed by atoms with Gasteiger partial charge in [-0.05, 0) is 50.5 Å². The van der Waals surface area contributed by atoms with Gasteiger partial charge in [0.25, 0.3) is 0 Å². The van der Waals surface area contributed by atoms with Crippen molar-refractivity contribution in [3.63, 3.8) is 0 Å². The van der Waals surface area contributed by atoms with Crippen LogP contribution in [0, 0.1) is 0 Å². The number of nitrogens with zero attached hydrogens (tertiary/aromatic N) is 1. The van der Waals surface area contributed by atoms with E-state index in [2.05, 4.69) is 17.0 Å². The molecule has 21 heavy (non-hydrogen) atoms. The molecule has 3 rings (SSSR count). The van der Waals surface area contributed by atoms with Crippen LogP contribution >= 0.6 is 0 Å². The van der Waals surface area contributed by atoms with Crippen molar-refractivity contribution >= 4 is 11.4 Å². The van der Waals surface area contributed by atoms with Crippen LogP contribution in [0.1, 0.15) is 26.2 Å². The summed E-state index contributed by atoms with van der Waals surface area (Å²) in [6.07, 6.45) is 2.72. The van der Waals surface area contributed by atoms with Crippen LogP contribution in [-0.4, -0.2) is 17.8 Å². The molecule has 0 saturated heterocycles. The largest absolute Gasteiger partial charge is 0.453 e. The predicted octanol–water partition coefficient (Wildman–Crippen LogP) is 4.48. The number of ether oxygens (including phenoxy) is 1. The van der Waals surface area contributed by atoms with Crippen molar-refractivity contribution in [2.24, 2.45) is 0 Å². The van der Waals surface area contributed by atoms with E-state index in [0.717, 1.165) is 48.7 Å². The first-order valence-electron chi connectivity index (χ1n) is 7.57. The molecule has 1 atom stereocenters. The zero-order chi connectivity index (χ0) is 14.7. The SMILES string of the molecule is C[C@@H](O)CCCCN1c2ccccc2Oc2ccccc21. The van der Waals surface area contributed by atoms with E-state index in [1.54, 1.807) is 0 Å². The van der Waals surface area contributed by atoms with Crippen LogP contribution in [0.4, 0.5) is 11.4 Å². The van der Waals surface area contributed by atoms with Gasteiger partial charge in [-0.3, -0.25) is 0 Å². The van der Waals surface area contributed by atoms with E-state index in [4.69, 9.17) is 4.74 Å². The van der Waals surface area contributed by atoms with Crippen LogP contribution in [-0.2, 0) is 0 Å². The molecule has 3 heteroatoms.